The van der Waals surface area contributed by atoms with Crippen molar-refractivity contribution in [2.24, 2.45) is 5.11 Å². The van der Waals surface area contributed by atoms with E-state index in [4.69, 9.17) is 5.53 Å². The second-order valence-electron chi connectivity index (χ2n) is 1.31. The SMILES string of the molecule is [N-]=[N+]=NCc1cn[c]s1. The molecule has 0 fully saturated rings. The highest BCUT2D eigenvalue weighted by atomic mass is 32.1. The third-order valence-corrected chi connectivity index (χ3v) is 1.42. The zero-order chi connectivity index (χ0) is 6.53. The molecule has 0 saturated heterocycles. The monoisotopic (exact) mass is 139 g/mol. The summed E-state index contributed by atoms with van der Waals surface area (Å²) in [6, 6.07) is 0. The summed E-state index contributed by atoms with van der Waals surface area (Å²) in [4.78, 5) is 7.22. The first-order valence-corrected chi connectivity index (χ1v) is 3.07. The van der Waals surface area contributed by atoms with Crippen molar-refractivity contribution >= 4 is 11.3 Å². The lowest BCUT2D eigenvalue weighted by atomic mass is 10.6. The molecule has 0 saturated carbocycles. The van der Waals surface area contributed by atoms with E-state index >= 15 is 0 Å². The van der Waals surface area contributed by atoms with Crippen molar-refractivity contribution in [3.8, 4) is 0 Å². The van der Waals surface area contributed by atoms with Crippen LogP contribution in [0.4, 0.5) is 0 Å². The molecule has 0 aliphatic carbocycles. The molecule has 4 nitrogen and oxygen atoms in total. The first-order valence-electron chi connectivity index (χ1n) is 2.25. The Bertz CT molecular complexity index is 210. The normalized spacial score (nSPS) is 8.44. The van der Waals surface area contributed by atoms with Crippen molar-refractivity contribution in [1.29, 1.82) is 0 Å². The van der Waals surface area contributed by atoms with E-state index in [0.29, 0.717) is 6.54 Å². The quantitative estimate of drug-likeness (QED) is 0.349. The minimum atomic E-state index is 0.387. The van der Waals surface area contributed by atoms with Gasteiger partial charge in [-0.05, 0) is 5.53 Å². The van der Waals surface area contributed by atoms with Crippen LogP contribution < -0.4 is 0 Å². The summed E-state index contributed by atoms with van der Waals surface area (Å²) in [6.45, 7) is 0.387. The molecule has 1 aromatic rings. The molecule has 0 unspecified atom stereocenters. The molecular weight excluding hydrogens is 136 g/mol. The van der Waals surface area contributed by atoms with Gasteiger partial charge in [-0.3, -0.25) is 0 Å². The van der Waals surface area contributed by atoms with Crippen LogP contribution in [0.3, 0.4) is 0 Å². The Balaban J connectivity index is 2.57. The molecule has 1 heterocycles. The zero-order valence-electron chi connectivity index (χ0n) is 4.48. The number of rotatable bonds is 2. The smallest absolute Gasteiger partial charge is 0.152 e. The topological polar surface area (TPSA) is 61.7 Å². The predicted molar refractivity (Wildman–Crippen MR) is 33.8 cm³/mol. The Kier molecular flexibility index (Phi) is 2.06. The second kappa shape index (κ2) is 3.06. The van der Waals surface area contributed by atoms with Gasteiger partial charge in [-0.1, -0.05) is 5.11 Å². The standard InChI is InChI=1S/C4H3N4S/c5-8-7-2-4-1-6-3-9-4/h1H,2H2. The first kappa shape index (κ1) is 6.07. The highest BCUT2D eigenvalue weighted by Crippen LogP contribution is 2.05. The van der Waals surface area contributed by atoms with Gasteiger partial charge in [-0.25, -0.2) is 4.98 Å². The van der Waals surface area contributed by atoms with Crippen LogP contribution in [0.25, 0.3) is 10.4 Å². The summed E-state index contributed by atoms with van der Waals surface area (Å²) in [7, 11) is 0. The maximum absolute atomic E-state index is 7.90. The third kappa shape index (κ3) is 1.71. The van der Waals surface area contributed by atoms with Crippen molar-refractivity contribution in [1.82, 2.24) is 4.98 Å². The lowest BCUT2D eigenvalue weighted by molar-refractivity contribution is 1.07. The van der Waals surface area contributed by atoms with Crippen LogP contribution >= 0.6 is 11.3 Å². The Labute approximate surface area is 55.8 Å². The lowest BCUT2D eigenvalue weighted by Crippen LogP contribution is -1.67. The molecule has 0 spiro atoms. The molecule has 0 amide bonds. The molecule has 45 valence electrons. The van der Waals surface area contributed by atoms with Crippen molar-refractivity contribution in [2.45, 2.75) is 6.54 Å². The fraction of sp³-hybridized carbons (Fsp3) is 0.250. The van der Waals surface area contributed by atoms with Gasteiger partial charge in [0.1, 0.15) is 0 Å². The fourth-order valence-electron chi connectivity index (χ4n) is 0.384. The van der Waals surface area contributed by atoms with Gasteiger partial charge in [0.15, 0.2) is 5.51 Å². The average molecular weight is 139 g/mol. The van der Waals surface area contributed by atoms with Crippen molar-refractivity contribution in [2.75, 3.05) is 0 Å². The largest absolute Gasteiger partial charge is 0.242 e. The van der Waals surface area contributed by atoms with Gasteiger partial charge in [-0.15, -0.1) is 11.3 Å². The summed E-state index contributed by atoms with van der Waals surface area (Å²) in [5.41, 5.74) is 10.5. The van der Waals surface area contributed by atoms with Gasteiger partial charge in [0.05, 0.1) is 6.54 Å². The summed E-state index contributed by atoms with van der Waals surface area (Å²) in [5, 5.41) is 3.35. The van der Waals surface area contributed by atoms with Crippen molar-refractivity contribution in [3.63, 3.8) is 0 Å². The summed E-state index contributed by atoms with van der Waals surface area (Å²) >= 11 is 1.36. The zero-order valence-corrected chi connectivity index (χ0v) is 5.30. The van der Waals surface area contributed by atoms with E-state index in [9.17, 15) is 0 Å². The molecular formula is C4H3N4S. The number of hydrogen-bond donors (Lipinski definition) is 0. The molecule has 5 heteroatoms. The van der Waals surface area contributed by atoms with E-state index in [1.54, 1.807) is 6.20 Å². The van der Waals surface area contributed by atoms with E-state index in [-0.39, 0.29) is 0 Å². The van der Waals surface area contributed by atoms with Gasteiger partial charge < -0.3 is 0 Å². The Morgan fingerprint density at radius 3 is 3.44 bits per heavy atom. The summed E-state index contributed by atoms with van der Waals surface area (Å²) in [5.74, 6) is 0. The number of aromatic nitrogens is 1. The molecule has 0 atom stereocenters. The maximum atomic E-state index is 7.90. The minimum absolute atomic E-state index is 0.387. The Morgan fingerprint density at radius 2 is 2.89 bits per heavy atom. The molecule has 0 N–H and O–H groups in total. The molecule has 9 heavy (non-hydrogen) atoms. The van der Waals surface area contributed by atoms with Crippen molar-refractivity contribution in [3.05, 3.63) is 27.0 Å². The summed E-state index contributed by atoms with van der Waals surface area (Å²) < 4.78 is 0. The Morgan fingerprint density at radius 1 is 2.00 bits per heavy atom. The van der Waals surface area contributed by atoms with Crippen LogP contribution in [0.5, 0.6) is 0 Å². The van der Waals surface area contributed by atoms with Gasteiger partial charge >= 0.3 is 0 Å². The van der Waals surface area contributed by atoms with E-state index in [2.05, 4.69) is 20.5 Å². The van der Waals surface area contributed by atoms with Crippen LogP contribution in [0.15, 0.2) is 11.3 Å². The molecule has 0 aliphatic heterocycles. The van der Waals surface area contributed by atoms with E-state index in [0.717, 1.165) is 4.88 Å². The van der Waals surface area contributed by atoms with Gasteiger partial charge in [0, 0.05) is 16.0 Å². The number of azide groups is 1. The predicted octanol–water partition coefficient (Wildman–Crippen LogP) is 1.75. The first-order chi connectivity index (χ1) is 4.43. The molecule has 0 aliphatic rings. The van der Waals surface area contributed by atoms with Crippen LogP contribution in [0.2, 0.25) is 0 Å². The van der Waals surface area contributed by atoms with Crippen molar-refractivity contribution < 1.29 is 0 Å². The van der Waals surface area contributed by atoms with E-state index < -0.39 is 0 Å². The van der Waals surface area contributed by atoms with Gasteiger partial charge in [-0.2, -0.15) is 0 Å². The molecule has 0 aromatic carbocycles. The maximum Gasteiger partial charge on any atom is 0.152 e. The van der Waals surface area contributed by atoms with Gasteiger partial charge in [0.25, 0.3) is 0 Å². The molecule has 0 bridgehead atoms. The molecule has 1 aromatic heterocycles. The van der Waals surface area contributed by atoms with E-state index in [1.165, 1.54) is 11.3 Å². The minimum Gasteiger partial charge on any atom is -0.242 e. The lowest BCUT2D eigenvalue weighted by Gasteiger charge is -1.78. The highest BCUT2D eigenvalue weighted by molar-refractivity contribution is 7.09. The average Bonchev–Trinajstić information content (AvgIpc) is 2.34. The van der Waals surface area contributed by atoms with Crippen LogP contribution in [-0.4, -0.2) is 4.98 Å². The third-order valence-electron chi connectivity index (χ3n) is 0.728. The second-order valence-corrected chi connectivity index (χ2v) is 2.22. The van der Waals surface area contributed by atoms with Gasteiger partial charge in [0.2, 0.25) is 0 Å². The van der Waals surface area contributed by atoms with E-state index in [1.807, 2.05) is 0 Å². The number of thiazole rings is 1. The summed E-state index contributed by atoms with van der Waals surface area (Å²) in [6.07, 6.45) is 1.64. The number of nitrogens with zero attached hydrogens (tertiary/aromatic N) is 4. The van der Waals surface area contributed by atoms with Crippen LogP contribution in [-0.2, 0) is 6.54 Å². The highest BCUT2D eigenvalue weighted by Gasteiger charge is 1.88. The molecule has 1 radical (unpaired) electrons. The fourth-order valence-corrected chi connectivity index (χ4v) is 0.834. The van der Waals surface area contributed by atoms with Crippen LogP contribution in [0, 0.1) is 5.51 Å². The Hall–Kier alpha value is -1.06. The number of hydrogen-bond acceptors (Lipinski definition) is 3. The molecule has 1 rings (SSSR count). The van der Waals surface area contributed by atoms with Crippen LogP contribution in [0.1, 0.15) is 4.88 Å².